The Balaban J connectivity index is 2.47. The molecule has 0 saturated heterocycles. The molecule has 0 aliphatic carbocycles. The molecule has 1 aromatic carbocycles. The van der Waals surface area contributed by atoms with Crippen molar-refractivity contribution in [3.63, 3.8) is 0 Å². The molecule has 1 aromatic heterocycles. The highest BCUT2D eigenvalue weighted by molar-refractivity contribution is 6.42. The molecule has 0 bridgehead atoms. The third kappa shape index (κ3) is 1.74. The summed E-state index contributed by atoms with van der Waals surface area (Å²) in [4.78, 5) is 4.07. The van der Waals surface area contributed by atoms with E-state index in [1.807, 2.05) is 0 Å². The summed E-state index contributed by atoms with van der Waals surface area (Å²) in [5.74, 6) is 1.03. The van der Waals surface area contributed by atoms with Crippen LogP contribution in [0.25, 0.3) is 11.4 Å². The largest absolute Gasteiger partial charge is 0.339 e. The van der Waals surface area contributed by atoms with Gasteiger partial charge < -0.3 is 4.52 Å². The van der Waals surface area contributed by atoms with E-state index in [1.165, 1.54) is 0 Å². The smallest absolute Gasteiger partial charge is 0.223 e. The summed E-state index contributed by atoms with van der Waals surface area (Å²) in [6, 6.07) is 5.19. The summed E-state index contributed by atoms with van der Waals surface area (Å²) in [5.41, 5.74) is 0.788. The summed E-state index contributed by atoms with van der Waals surface area (Å²) in [7, 11) is 0. The van der Waals surface area contributed by atoms with Gasteiger partial charge in [-0.25, -0.2) is 0 Å². The van der Waals surface area contributed by atoms with Crippen molar-refractivity contribution in [2.75, 3.05) is 0 Å². The Morgan fingerprint density at radius 3 is 2.57 bits per heavy atom. The van der Waals surface area contributed by atoms with E-state index in [0.29, 0.717) is 21.8 Å². The van der Waals surface area contributed by atoms with Gasteiger partial charge in [0.1, 0.15) is 0 Å². The minimum atomic E-state index is 0.478. The first kappa shape index (κ1) is 9.49. The molecule has 2 aromatic rings. The van der Waals surface area contributed by atoms with Crippen LogP contribution in [-0.4, -0.2) is 10.1 Å². The fourth-order valence-corrected chi connectivity index (χ4v) is 1.35. The van der Waals surface area contributed by atoms with E-state index in [-0.39, 0.29) is 0 Å². The molecule has 0 aliphatic rings. The zero-order valence-corrected chi connectivity index (χ0v) is 8.80. The minimum Gasteiger partial charge on any atom is -0.339 e. The lowest BCUT2D eigenvalue weighted by atomic mass is 10.2. The topological polar surface area (TPSA) is 38.9 Å². The molecule has 0 amide bonds. The molecule has 0 N–H and O–H groups in total. The van der Waals surface area contributed by atoms with E-state index >= 15 is 0 Å². The minimum absolute atomic E-state index is 0.478. The second-order valence-electron chi connectivity index (χ2n) is 2.77. The third-order valence-electron chi connectivity index (χ3n) is 1.71. The van der Waals surface area contributed by atoms with Crippen LogP contribution >= 0.6 is 23.2 Å². The Morgan fingerprint density at radius 2 is 2.00 bits per heavy atom. The number of aromatic nitrogens is 2. The van der Waals surface area contributed by atoms with E-state index in [9.17, 15) is 0 Å². The highest BCUT2D eigenvalue weighted by Gasteiger charge is 2.07. The Bertz CT molecular complexity index is 468. The first-order valence-electron chi connectivity index (χ1n) is 3.92. The molecule has 0 atom stereocenters. The van der Waals surface area contributed by atoms with Crippen molar-refractivity contribution in [3.8, 4) is 11.4 Å². The lowest BCUT2D eigenvalue weighted by Crippen LogP contribution is -1.80. The molecule has 2 rings (SSSR count). The number of benzene rings is 1. The first-order chi connectivity index (χ1) is 6.66. The summed E-state index contributed by atoms with van der Waals surface area (Å²) in [6.07, 6.45) is 0. The summed E-state index contributed by atoms with van der Waals surface area (Å²) >= 11 is 11.6. The lowest BCUT2D eigenvalue weighted by Gasteiger charge is -1.97. The van der Waals surface area contributed by atoms with Crippen LogP contribution in [0.4, 0.5) is 0 Å². The normalized spacial score (nSPS) is 10.5. The summed E-state index contributed by atoms with van der Waals surface area (Å²) < 4.78 is 4.85. The monoisotopic (exact) mass is 228 g/mol. The van der Waals surface area contributed by atoms with Gasteiger partial charge in [-0.05, 0) is 18.2 Å². The Labute approximate surface area is 90.6 Å². The van der Waals surface area contributed by atoms with Crippen LogP contribution in [0.5, 0.6) is 0 Å². The fourth-order valence-electron chi connectivity index (χ4n) is 1.05. The number of hydrogen-bond acceptors (Lipinski definition) is 3. The maximum atomic E-state index is 5.85. The van der Waals surface area contributed by atoms with Gasteiger partial charge in [-0.15, -0.1) is 0 Å². The second-order valence-corrected chi connectivity index (χ2v) is 3.58. The van der Waals surface area contributed by atoms with Crippen molar-refractivity contribution in [1.29, 1.82) is 0 Å². The Morgan fingerprint density at radius 1 is 1.21 bits per heavy atom. The maximum Gasteiger partial charge on any atom is 0.223 e. The van der Waals surface area contributed by atoms with Crippen LogP contribution < -0.4 is 0 Å². The second kappa shape index (κ2) is 3.59. The molecule has 0 saturated carbocycles. The van der Waals surface area contributed by atoms with E-state index in [4.69, 9.17) is 27.7 Å². The van der Waals surface area contributed by atoms with E-state index in [2.05, 4.69) is 10.1 Å². The first-order valence-corrected chi connectivity index (χ1v) is 4.68. The van der Waals surface area contributed by atoms with Gasteiger partial charge in [0, 0.05) is 12.5 Å². The highest BCUT2D eigenvalue weighted by atomic mass is 35.5. The molecular weight excluding hydrogens is 223 g/mol. The predicted octanol–water partition coefficient (Wildman–Crippen LogP) is 3.35. The Kier molecular flexibility index (Phi) is 2.44. The van der Waals surface area contributed by atoms with Crippen LogP contribution in [0.3, 0.4) is 0 Å². The molecule has 0 spiro atoms. The molecule has 5 heteroatoms. The number of aryl methyl sites for hydroxylation is 1. The van der Waals surface area contributed by atoms with Crippen molar-refractivity contribution in [3.05, 3.63) is 34.1 Å². The molecular formula is C9H6Cl2N2O. The number of hydrogen-bond donors (Lipinski definition) is 0. The predicted molar refractivity (Wildman–Crippen MR) is 54.5 cm³/mol. The van der Waals surface area contributed by atoms with Crippen LogP contribution in [-0.2, 0) is 0 Å². The van der Waals surface area contributed by atoms with Crippen LogP contribution in [0.2, 0.25) is 10.0 Å². The van der Waals surface area contributed by atoms with Gasteiger partial charge in [0.2, 0.25) is 11.7 Å². The molecule has 1 heterocycles. The third-order valence-corrected chi connectivity index (χ3v) is 2.44. The number of halogens is 2. The quantitative estimate of drug-likeness (QED) is 0.752. The zero-order chi connectivity index (χ0) is 10.1. The van der Waals surface area contributed by atoms with Crippen molar-refractivity contribution in [2.24, 2.45) is 0 Å². The van der Waals surface area contributed by atoms with Gasteiger partial charge in [0.15, 0.2) is 0 Å². The highest BCUT2D eigenvalue weighted by Crippen LogP contribution is 2.26. The molecule has 0 aliphatic heterocycles. The van der Waals surface area contributed by atoms with Gasteiger partial charge in [0.25, 0.3) is 0 Å². The molecule has 0 radical (unpaired) electrons. The van der Waals surface area contributed by atoms with Gasteiger partial charge in [-0.2, -0.15) is 4.98 Å². The zero-order valence-electron chi connectivity index (χ0n) is 7.29. The van der Waals surface area contributed by atoms with E-state index < -0.39 is 0 Å². The molecule has 0 fully saturated rings. The standard InChI is InChI=1S/C9H6Cl2N2O/c1-5-12-9(13-14-5)6-2-3-7(10)8(11)4-6/h2-4H,1H3. The number of nitrogens with zero attached hydrogens (tertiary/aromatic N) is 2. The van der Waals surface area contributed by atoms with Crippen molar-refractivity contribution in [1.82, 2.24) is 10.1 Å². The number of rotatable bonds is 1. The van der Waals surface area contributed by atoms with Gasteiger partial charge in [-0.1, -0.05) is 28.4 Å². The average molecular weight is 229 g/mol. The average Bonchev–Trinajstić information content (AvgIpc) is 2.57. The summed E-state index contributed by atoms with van der Waals surface area (Å²) in [6.45, 7) is 1.73. The van der Waals surface area contributed by atoms with Crippen LogP contribution in [0, 0.1) is 6.92 Å². The van der Waals surface area contributed by atoms with E-state index in [1.54, 1.807) is 25.1 Å². The molecule has 14 heavy (non-hydrogen) atoms. The molecule has 72 valence electrons. The van der Waals surface area contributed by atoms with Crippen LogP contribution in [0.15, 0.2) is 22.7 Å². The van der Waals surface area contributed by atoms with Crippen molar-refractivity contribution < 1.29 is 4.52 Å². The van der Waals surface area contributed by atoms with Crippen molar-refractivity contribution in [2.45, 2.75) is 6.92 Å². The van der Waals surface area contributed by atoms with Gasteiger partial charge in [0.05, 0.1) is 10.0 Å². The Hall–Kier alpha value is -1.06. The van der Waals surface area contributed by atoms with Gasteiger partial charge in [-0.3, -0.25) is 0 Å². The summed E-state index contributed by atoms with van der Waals surface area (Å²) in [5, 5.41) is 4.76. The maximum absolute atomic E-state index is 5.85. The molecule has 0 unspecified atom stereocenters. The van der Waals surface area contributed by atoms with Crippen LogP contribution in [0.1, 0.15) is 5.89 Å². The van der Waals surface area contributed by atoms with Crippen molar-refractivity contribution >= 4 is 23.2 Å². The van der Waals surface area contributed by atoms with E-state index in [0.717, 1.165) is 5.56 Å². The van der Waals surface area contributed by atoms with Gasteiger partial charge >= 0.3 is 0 Å². The SMILES string of the molecule is Cc1nc(-c2ccc(Cl)c(Cl)c2)no1. The molecule has 3 nitrogen and oxygen atoms in total. The lowest BCUT2D eigenvalue weighted by molar-refractivity contribution is 0.394. The fraction of sp³-hybridized carbons (Fsp3) is 0.111.